The Bertz CT molecular complexity index is 906. The second kappa shape index (κ2) is 8.46. The van der Waals surface area contributed by atoms with E-state index in [1.165, 1.54) is 13.2 Å². The zero-order valence-electron chi connectivity index (χ0n) is 15.1. The zero-order valence-corrected chi connectivity index (χ0v) is 15.1. The summed E-state index contributed by atoms with van der Waals surface area (Å²) in [7, 11) is 1.42. The van der Waals surface area contributed by atoms with E-state index < -0.39 is 5.82 Å². The molecule has 0 fully saturated rings. The van der Waals surface area contributed by atoms with Crippen LogP contribution in [0.15, 0.2) is 54.6 Å². The minimum atomic E-state index is -0.466. The summed E-state index contributed by atoms with van der Waals surface area (Å²) in [5.41, 5.74) is 2.16. The van der Waals surface area contributed by atoms with Gasteiger partial charge in [-0.2, -0.15) is 4.98 Å². The Balaban J connectivity index is 1.95. The van der Waals surface area contributed by atoms with Crippen LogP contribution in [0.5, 0.6) is 5.75 Å². The highest BCUT2D eigenvalue weighted by Gasteiger charge is 2.10. The van der Waals surface area contributed by atoms with Gasteiger partial charge in [-0.15, -0.1) is 0 Å². The molecule has 0 saturated carbocycles. The number of hydrogen-bond donors (Lipinski definition) is 3. The number of nitrogens with one attached hydrogen (secondary N) is 2. The molecule has 0 saturated heterocycles. The predicted octanol–water partition coefficient (Wildman–Crippen LogP) is 3.83. The van der Waals surface area contributed by atoms with Crippen molar-refractivity contribution in [2.45, 2.75) is 13.0 Å². The van der Waals surface area contributed by atoms with E-state index in [2.05, 4.69) is 20.6 Å². The maximum Gasteiger partial charge on any atom is 0.225 e. The van der Waals surface area contributed by atoms with E-state index in [1.807, 2.05) is 37.3 Å². The number of aromatic nitrogens is 2. The lowest BCUT2D eigenvalue weighted by Crippen LogP contribution is -2.21. The molecule has 0 bridgehead atoms. The average Bonchev–Trinajstić information content (AvgIpc) is 2.68. The number of aliphatic hydroxyl groups excluding tert-OH is 1. The van der Waals surface area contributed by atoms with Crippen LogP contribution < -0.4 is 15.4 Å². The van der Waals surface area contributed by atoms with Crippen molar-refractivity contribution in [3.8, 4) is 17.0 Å². The molecule has 7 heteroatoms. The van der Waals surface area contributed by atoms with E-state index in [-0.39, 0.29) is 18.4 Å². The topological polar surface area (TPSA) is 79.3 Å². The lowest BCUT2D eigenvalue weighted by molar-refractivity contribution is 0.281. The maximum absolute atomic E-state index is 14.0. The standard InChI is InChI=1S/C20H21FN4O2/c1-13(12-26)22-20-24-17(14-6-4-3-5-7-14)11-19(25-20)23-15-8-9-18(27-2)16(21)10-15/h3-11,13,26H,12H2,1-2H3,(H2,22,23,24,25)/t13-/m1/s1. The number of anilines is 3. The van der Waals surface area contributed by atoms with Gasteiger partial charge in [0.2, 0.25) is 5.95 Å². The van der Waals surface area contributed by atoms with Gasteiger partial charge >= 0.3 is 0 Å². The molecule has 3 N–H and O–H groups in total. The summed E-state index contributed by atoms with van der Waals surface area (Å²) in [4.78, 5) is 8.93. The van der Waals surface area contributed by atoms with Crippen LogP contribution in [0.25, 0.3) is 11.3 Å². The first-order valence-electron chi connectivity index (χ1n) is 8.51. The smallest absolute Gasteiger partial charge is 0.225 e. The van der Waals surface area contributed by atoms with Gasteiger partial charge in [-0.05, 0) is 19.1 Å². The lowest BCUT2D eigenvalue weighted by Gasteiger charge is -2.14. The molecular weight excluding hydrogens is 347 g/mol. The summed E-state index contributed by atoms with van der Waals surface area (Å²) in [6, 6.07) is 15.8. The summed E-state index contributed by atoms with van der Waals surface area (Å²) < 4.78 is 18.9. The van der Waals surface area contributed by atoms with Gasteiger partial charge in [-0.1, -0.05) is 30.3 Å². The van der Waals surface area contributed by atoms with E-state index >= 15 is 0 Å². The van der Waals surface area contributed by atoms with Gasteiger partial charge in [-0.3, -0.25) is 0 Å². The highest BCUT2D eigenvalue weighted by molar-refractivity contribution is 5.67. The predicted molar refractivity (Wildman–Crippen MR) is 104 cm³/mol. The SMILES string of the molecule is COc1ccc(Nc2cc(-c3ccccc3)nc(N[C@H](C)CO)n2)cc1F. The van der Waals surface area contributed by atoms with E-state index in [0.717, 1.165) is 5.56 Å². The fourth-order valence-electron chi connectivity index (χ4n) is 2.49. The molecular formula is C20H21FN4O2. The summed E-state index contributed by atoms with van der Waals surface area (Å²) in [5.74, 6) is 0.579. The second-order valence-electron chi connectivity index (χ2n) is 6.03. The Morgan fingerprint density at radius 1 is 1.11 bits per heavy atom. The first-order chi connectivity index (χ1) is 13.1. The second-order valence-corrected chi connectivity index (χ2v) is 6.03. The van der Waals surface area contributed by atoms with Crippen molar-refractivity contribution in [3.05, 3.63) is 60.4 Å². The van der Waals surface area contributed by atoms with Gasteiger partial charge in [0.15, 0.2) is 11.6 Å². The Morgan fingerprint density at radius 2 is 1.89 bits per heavy atom. The average molecular weight is 368 g/mol. The molecule has 0 radical (unpaired) electrons. The first-order valence-corrected chi connectivity index (χ1v) is 8.51. The van der Waals surface area contributed by atoms with Crippen molar-refractivity contribution in [3.63, 3.8) is 0 Å². The van der Waals surface area contributed by atoms with E-state index in [9.17, 15) is 9.50 Å². The quantitative estimate of drug-likeness (QED) is 0.588. The third-order valence-electron chi connectivity index (χ3n) is 3.87. The van der Waals surface area contributed by atoms with Gasteiger partial charge in [0, 0.05) is 29.4 Å². The summed E-state index contributed by atoms with van der Waals surface area (Å²) >= 11 is 0. The van der Waals surface area contributed by atoms with E-state index in [1.54, 1.807) is 18.2 Å². The van der Waals surface area contributed by atoms with Crippen molar-refractivity contribution in [2.24, 2.45) is 0 Å². The molecule has 1 atom stereocenters. The molecule has 3 aromatic rings. The van der Waals surface area contributed by atoms with Crippen molar-refractivity contribution in [2.75, 3.05) is 24.4 Å². The van der Waals surface area contributed by atoms with Gasteiger partial charge in [-0.25, -0.2) is 9.37 Å². The number of rotatable bonds is 7. The third-order valence-corrected chi connectivity index (χ3v) is 3.87. The fraction of sp³-hybridized carbons (Fsp3) is 0.200. The van der Waals surface area contributed by atoms with Crippen LogP contribution in [0.3, 0.4) is 0 Å². The molecule has 3 rings (SSSR count). The van der Waals surface area contributed by atoms with Crippen LogP contribution >= 0.6 is 0 Å². The molecule has 0 aliphatic rings. The van der Waals surface area contributed by atoms with Crippen LogP contribution in [-0.2, 0) is 0 Å². The number of hydrogen-bond acceptors (Lipinski definition) is 6. The molecule has 6 nitrogen and oxygen atoms in total. The third kappa shape index (κ3) is 4.71. The van der Waals surface area contributed by atoms with Gasteiger partial charge < -0.3 is 20.5 Å². The molecule has 2 aromatic carbocycles. The first kappa shape index (κ1) is 18.6. The summed E-state index contributed by atoms with van der Waals surface area (Å²) in [6.45, 7) is 1.77. The highest BCUT2D eigenvalue weighted by atomic mass is 19.1. The van der Waals surface area contributed by atoms with E-state index in [4.69, 9.17) is 4.74 Å². The minimum absolute atomic E-state index is 0.0502. The number of nitrogens with zero attached hydrogens (tertiary/aromatic N) is 2. The number of ether oxygens (including phenoxy) is 1. The molecule has 1 heterocycles. The van der Waals surface area contributed by atoms with Crippen LogP contribution in [0.1, 0.15) is 6.92 Å². The zero-order chi connectivity index (χ0) is 19.2. The van der Waals surface area contributed by atoms with Gasteiger partial charge in [0.05, 0.1) is 19.4 Å². The Hall–Kier alpha value is -3.19. The molecule has 1 aromatic heterocycles. The molecule has 0 aliphatic heterocycles. The number of halogens is 1. The molecule has 0 aliphatic carbocycles. The molecule has 27 heavy (non-hydrogen) atoms. The van der Waals surface area contributed by atoms with Crippen LogP contribution in [0.4, 0.5) is 21.8 Å². The van der Waals surface area contributed by atoms with E-state index in [0.29, 0.717) is 23.1 Å². The van der Waals surface area contributed by atoms with Crippen molar-refractivity contribution in [1.82, 2.24) is 9.97 Å². The molecule has 140 valence electrons. The lowest BCUT2D eigenvalue weighted by atomic mass is 10.1. The monoisotopic (exact) mass is 368 g/mol. The molecule has 0 unspecified atom stereocenters. The number of aliphatic hydroxyl groups is 1. The van der Waals surface area contributed by atoms with Crippen LogP contribution in [-0.4, -0.2) is 34.8 Å². The highest BCUT2D eigenvalue weighted by Crippen LogP contribution is 2.26. The Kier molecular flexibility index (Phi) is 5.83. The van der Waals surface area contributed by atoms with Crippen molar-refractivity contribution >= 4 is 17.5 Å². The summed E-state index contributed by atoms with van der Waals surface area (Å²) in [6.07, 6.45) is 0. The summed E-state index contributed by atoms with van der Waals surface area (Å²) in [5, 5.41) is 15.4. The van der Waals surface area contributed by atoms with Gasteiger partial charge in [0.25, 0.3) is 0 Å². The van der Waals surface area contributed by atoms with Crippen LogP contribution in [0, 0.1) is 5.82 Å². The normalized spacial score (nSPS) is 11.7. The van der Waals surface area contributed by atoms with Crippen LogP contribution in [0.2, 0.25) is 0 Å². The van der Waals surface area contributed by atoms with Crippen molar-refractivity contribution in [1.29, 1.82) is 0 Å². The number of benzene rings is 2. The minimum Gasteiger partial charge on any atom is -0.494 e. The number of methoxy groups -OCH3 is 1. The Labute approximate surface area is 157 Å². The Morgan fingerprint density at radius 3 is 2.56 bits per heavy atom. The largest absolute Gasteiger partial charge is 0.494 e. The fourth-order valence-corrected chi connectivity index (χ4v) is 2.49. The van der Waals surface area contributed by atoms with Gasteiger partial charge in [0.1, 0.15) is 5.82 Å². The molecule has 0 amide bonds. The molecule has 0 spiro atoms. The maximum atomic E-state index is 14.0. The van der Waals surface area contributed by atoms with Crippen molar-refractivity contribution < 1.29 is 14.2 Å².